The summed E-state index contributed by atoms with van der Waals surface area (Å²) >= 11 is 0. The summed E-state index contributed by atoms with van der Waals surface area (Å²) in [5.41, 5.74) is 0. The molecule has 0 saturated heterocycles. The molecular weight excluding hydrogens is 238 g/mol. The van der Waals surface area contributed by atoms with Crippen LogP contribution in [0, 0.1) is 0 Å². The molecule has 0 aromatic rings. The van der Waals surface area contributed by atoms with Crippen molar-refractivity contribution in [3.05, 3.63) is 0 Å². The summed E-state index contributed by atoms with van der Waals surface area (Å²) in [7, 11) is 0. The molecule has 0 saturated carbocycles. The third-order valence-corrected chi connectivity index (χ3v) is 3.41. The Kier molecular flexibility index (Phi) is 22.5. The Balaban J connectivity index is 0. The highest BCUT2D eigenvalue weighted by Gasteiger charge is 1.92. The van der Waals surface area contributed by atoms with Gasteiger partial charge in [-0.3, -0.25) is 0 Å². The summed E-state index contributed by atoms with van der Waals surface area (Å²) in [6, 6.07) is 0. The molecule has 0 heterocycles. The average Bonchev–Trinajstić information content (AvgIpc) is 2.35. The third-order valence-electron chi connectivity index (χ3n) is 3.41. The summed E-state index contributed by atoms with van der Waals surface area (Å²) in [5, 5.41) is 3.57. The number of rotatable bonds is 14. The van der Waals surface area contributed by atoms with Crippen LogP contribution in [0.15, 0.2) is 0 Å². The molecule has 0 aliphatic carbocycles. The first-order chi connectivity index (χ1) is 8.41. The van der Waals surface area contributed by atoms with E-state index < -0.39 is 0 Å². The number of hydrogen-bond donors (Lipinski definition) is 1. The molecule has 1 N–H and O–H groups in total. The zero-order valence-electron chi connectivity index (χ0n) is 12.9. The zero-order chi connectivity index (χ0) is 12.6. The maximum atomic E-state index is 3.57. The van der Waals surface area contributed by atoms with E-state index in [9.17, 15) is 0 Å². The van der Waals surface area contributed by atoms with Gasteiger partial charge in [-0.2, -0.15) is 13.5 Å². The van der Waals surface area contributed by atoms with Gasteiger partial charge in [0.1, 0.15) is 0 Å². The van der Waals surface area contributed by atoms with Gasteiger partial charge >= 0.3 is 0 Å². The highest BCUT2D eigenvalue weighted by atomic mass is 32.1. The fourth-order valence-electron chi connectivity index (χ4n) is 2.19. The second kappa shape index (κ2) is 19.6. The summed E-state index contributed by atoms with van der Waals surface area (Å²) < 4.78 is 0. The molecule has 112 valence electrons. The van der Waals surface area contributed by atoms with Gasteiger partial charge in [-0.25, -0.2) is 0 Å². The van der Waals surface area contributed by atoms with Gasteiger partial charge in [0.05, 0.1) is 0 Å². The van der Waals surface area contributed by atoms with Gasteiger partial charge in [-0.1, -0.05) is 78.1 Å². The van der Waals surface area contributed by atoms with Crippen LogP contribution in [0.2, 0.25) is 0 Å². The number of unbranched alkanes of at least 4 members (excludes halogenated alkanes) is 10. The highest BCUT2D eigenvalue weighted by Crippen LogP contribution is 2.05. The first-order valence-electron chi connectivity index (χ1n) is 8.12. The van der Waals surface area contributed by atoms with Crippen molar-refractivity contribution in [2.75, 3.05) is 13.1 Å². The lowest BCUT2D eigenvalue weighted by atomic mass is 10.1. The van der Waals surface area contributed by atoms with E-state index in [1.54, 1.807) is 0 Å². The lowest BCUT2D eigenvalue weighted by molar-refractivity contribution is 0.543. The van der Waals surface area contributed by atoms with Gasteiger partial charge in [0.15, 0.2) is 0 Å². The van der Waals surface area contributed by atoms with E-state index in [1.807, 2.05) is 0 Å². The third kappa shape index (κ3) is 18.7. The molecule has 0 aliphatic rings. The van der Waals surface area contributed by atoms with Gasteiger partial charge in [-0.15, -0.1) is 0 Å². The largest absolute Gasteiger partial charge is 0.317 e. The molecule has 2 heteroatoms. The smallest absolute Gasteiger partial charge is 0.00489 e. The fourth-order valence-corrected chi connectivity index (χ4v) is 2.19. The molecule has 0 aromatic carbocycles. The standard InChI is InChI=1S/C16H35N.H2S/c1-3-5-7-9-11-13-15-17-16-14-12-10-8-6-4-2;/h17H,3-16H2,1-2H3;1H2. The first-order valence-corrected chi connectivity index (χ1v) is 8.12. The van der Waals surface area contributed by atoms with E-state index in [0.717, 1.165) is 0 Å². The van der Waals surface area contributed by atoms with E-state index in [-0.39, 0.29) is 13.5 Å². The summed E-state index contributed by atoms with van der Waals surface area (Å²) in [5.74, 6) is 0. The second-order valence-electron chi connectivity index (χ2n) is 5.29. The molecule has 0 unspecified atom stereocenters. The van der Waals surface area contributed by atoms with Crippen LogP contribution in [-0.2, 0) is 0 Å². The summed E-state index contributed by atoms with van der Waals surface area (Å²) in [6.45, 7) is 7.03. The monoisotopic (exact) mass is 275 g/mol. The highest BCUT2D eigenvalue weighted by molar-refractivity contribution is 7.59. The molecule has 1 nitrogen and oxygen atoms in total. The van der Waals surface area contributed by atoms with Crippen LogP contribution in [0.3, 0.4) is 0 Å². The Morgan fingerprint density at radius 3 is 1.22 bits per heavy atom. The molecule has 0 spiro atoms. The van der Waals surface area contributed by atoms with E-state index in [4.69, 9.17) is 0 Å². The summed E-state index contributed by atoms with van der Waals surface area (Å²) in [4.78, 5) is 0. The maximum absolute atomic E-state index is 3.57. The lowest BCUT2D eigenvalue weighted by Gasteiger charge is -2.04. The molecule has 0 bridgehead atoms. The quantitative estimate of drug-likeness (QED) is 0.418. The Hall–Kier alpha value is 0.310. The van der Waals surface area contributed by atoms with Gasteiger partial charge in [0.2, 0.25) is 0 Å². The minimum Gasteiger partial charge on any atom is -0.317 e. The van der Waals surface area contributed by atoms with Crippen LogP contribution in [0.25, 0.3) is 0 Å². The zero-order valence-corrected chi connectivity index (χ0v) is 13.9. The topological polar surface area (TPSA) is 12.0 Å². The predicted octanol–water partition coefficient (Wildman–Crippen LogP) is 5.41. The fraction of sp³-hybridized carbons (Fsp3) is 1.00. The van der Waals surface area contributed by atoms with Crippen molar-refractivity contribution in [1.82, 2.24) is 5.32 Å². The van der Waals surface area contributed by atoms with Crippen LogP contribution in [0.1, 0.15) is 90.9 Å². The van der Waals surface area contributed by atoms with Crippen molar-refractivity contribution in [3.63, 3.8) is 0 Å². The van der Waals surface area contributed by atoms with Gasteiger partial charge < -0.3 is 5.32 Å². The molecule has 0 amide bonds. The maximum Gasteiger partial charge on any atom is -0.00489 e. The van der Waals surface area contributed by atoms with Crippen LogP contribution >= 0.6 is 13.5 Å². The minimum absolute atomic E-state index is 0. The van der Waals surface area contributed by atoms with Crippen molar-refractivity contribution >= 4 is 13.5 Å². The van der Waals surface area contributed by atoms with E-state index in [2.05, 4.69) is 19.2 Å². The van der Waals surface area contributed by atoms with Crippen molar-refractivity contribution in [2.45, 2.75) is 90.9 Å². The first kappa shape index (κ1) is 20.6. The van der Waals surface area contributed by atoms with Gasteiger partial charge in [0.25, 0.3) is 0 Å². The van der Waals surface area contributed by atoms with Crippen LogP contribution < -0.4 is 5.32 Å². The van der Waals surface area contributed by atoms with E-state index in [0.29, 0.717) is 0 Å². The second-order valence-corrected chi connectivity index (χ2v) is 5.29. The molecule has 0 fully saturated rings. The lowest BCUT2D eigenvalue weighted by Crippen LogP contribution is -2.16. The van der Waals surface area contributed by atoms with Crippen molar-refractivity contribution in [1.29, 1.82) is 0 Å². The molecule has 0 radical (unpaired) electrons. The normalized spacial score (nSPS) is 10.3. The average molecular weight is 276 g/mol. The van der Waals surface area contributed by atoms with Crippen LogP contribution in [-0.4, -0.2) is 13.1 Å². The van der Waals surface area contributed by atoms with Crippen LogP contribution in [0.4, 0.5) is 0 Å². The molecule has 18 heavy (non-hydrogen) atoms. The SMILES string of the molecule is CCCCCCCCNCCCCCCCC.S. The number of nitrogens with one attached hydrogen (secondary N) is 1. The minimum atomic E-state index is 0. The van der Waals surface area contributed by atoms with Crippen molar-refractivity contribution in [2.24, 2.45) is 0 Å². The molecule has 0 atom stereocenters. The van der Waals surface area contributed by atoms with Crippen molar-refractivity contribution < 1.29 is 0 Å². The van der Waals surface area contributed by atoms with E-state index in [1.165, 1.54) is 90.1 Å². The van der Waals surface area contributed by atoms with Gasteiger partial charge in [-0.05, 0) is 25.9 Å². The molecule has 0 aromatic heterocycles. The number of hydrogen-bond acceptors (Lipinski definition) is 1. The Morgan fingerprint density at radius 1 is 0.500 bits per heavy atom. The Labute approximate surface area is 123 Å². The van der Waals surface area contributed by atoms with E-state index >= 15 is 0 Å². The summed E-state index contributed by atoms with van der Waals surface area (Å²) in [6.07, 6.45) is 16.9. The predicted molar refractivity (Wildman–Crippen MR) is 90.0 cm³/mol. The van der Waals surface area contributed by atoms with Gasteiger partial charge in [0, 0.05) is 0 Å². The van der Waals surface area contributed by atoms with Crippen molar-refractivity contribution in [3.8, 4) is 0 Å². The van der Waals surface area contributed by atoms with Crippen LogP contribution in [0.5, 0.6) is 0 Å². The molecule has 0 aliphatic heterocycles. The Bertz CT molecular complexity index is 114. The molecule has 0 rings (SSSR count). The Morgan fingerprint density at radius 2 is 0.833 bits per heavy atom. The molecular formula is C16H37NS.